The van der Waals surface area contributed by atoms with Crippen LogP contribution in [0.1, 0.15) is 83.8 Å². The zero-order valence-corrected chi connectivity index (χ0v) is 27.0. The predicted molar refractivity (Wildman–Crippen MR) is 164 cm³/mol. The molecule has 45 heavy (non-hydrogen) atoms. The van der Waals surface area contributed by atoms with Crippen molar-refractivity contribution in [1.82, 2.24) is 4.90 Å². The summed E-state index contributed by atoms with van der Waals surface area (Å²) < 4.78 is 45.3. The minimum Gasteiger partial charge on any atom is -0.447 e. The lowest BCUT2D eigenvalue weighted by atomic mass is 9.63. The number of benzene rings is 2. The smallest absolute Gasteiger partial charge is 0.416 e. The zero-order chi connectivity index (χ0) is 33.2. The highest BCUT2D eigenvalue weighted by molar-refractivity contribution is 6.37. The first-order valence-corrected chi connectivity index (χ1v) is 15.4. The first-order chi connectivity index (χ1) is 20.8. The summed E-state index contributed by atoms with van der Waals surface area (Å²) in [5, 5.41) is 11.5. The summed E-state index contributed by atoms with van der Waals surface area (Å²) in [6.45, 7) is 10.9. The number of halogens is 5. The molecule has 5 rings (SSSR count). The molecule has 1 aliphatic heterocycles. The van der Waals surface area contributed by atoms with E-state index in [2.05, 4.69) is 11.8 Å². The van der Waals surface area contributed by atoms with Crippen molar-refractivity contribution in [1.29, 1.82) is 0 Å². The second-order valence-electron chi connectivity index (χ2n) is 13.5. The Bertz CT molecular complexity index is 1620. The molecule has 0 atom stereocenters. The van der Waals surface area contributed by atoms with Crippen molar-refractivity contribution in [3.8, 4) is 11.5 Å². The van der Waals surface area contributed by atoms with E-state index in [1.54, 1.807) is 0 Å². The number of hydrogen-bond donors (Lipinski definition) is 0. The molecule has 7 nitrogen and oxygen atoms in total. The van der Waals surface area contributed by atoms with E-state index >= 15 is 0 Å². The van der Waals surface area contributed by atoms with Gasteiger partial charge in [0.1, 0.15) is 0 Å². The molecule has 240 valence electrons. The Morgan fingerprint density at radius 3 is 1.89 bits per heavy atom. The predicted octanol–water partition coefficient (Wildman–Crippen LogP) is 9.81. The van der Waals surface area contributed by atoms with Gasteiger partial charge in [0.2, 0.25) is 5.75 Å². The number of alkyl halides is 3. The molecular formula is C33H33Cl2F3N2O5. The molecule has 0 spiro atoms. The van der Waals surface area contributed by atoms with Gasteiger partial charge in [-0.05, 0) is 59.9 Å². The number of rotatable bonds is 6. The van der Waals surface area contributed by atoms with Crippen LogP contribution in [0.25, 0.3) is 0 Å². The summed E-state index contributed by atoms with van der Waals surface area (Å²) in [7, 11) is 0. The summed E-state index contributed by atoms with van der Waals surface area (Å²) in [5.74, 6) is -1.56. The second-order valence-corrected chi connectivity index (χ2v) is 14.4. The van der Waals surface area contributed by atoms with E-state index in [0.29, 0.717) is 61.1 Å². The lowest BCUT2D eigenvalue weighted by Crippen LogP contribution is -2.44. The van der Waals surface area contributed by atoms with Crippen LogP contribution in [0.4, 0.5) is 18.9 Å². The quantitative estimate of drug-likeness (QED) is 0.226. The number of hydrogen-bond acceptors (Lipinski definition) is 6. The van der Waals surface area contributed by atoms with Crippen molar-refractivity contribution in [3.05, 3.63) is 84.2 Å². The number of nitro benzene ring substituents is 1. The lowest BCUT2D eigenvalue weighted by Gasteiger charge is -2.49. The van der Waals surface area contributed by atoms with Gasteiger partial charge in [0.15, 0.2) is 17.3 Å². The number of nitro groups is 1. The Morgan fingerprint density at radius 2 is 1.44 bits per heavy atom. The largest absolute Gasteiger partial charge is 0.447 e. The third-order valence-corrected chi connectivity index (χ3v) is 9.08. The van der Waals surface area contributed by atoms with Gasteiger partial charge in [0, 0.05) is 53.9 Å². The van der Waals surface area contributed by atoms with E-state index in [0.717, 1.165) is 23.9 Å². The highest BCUT2D eigenvalue weighted by Gasteiger charge is 2.49. The van der Waals surface area contributed by atoms with Gasteiger partial charge in [0.25, 0.3) is 0 Å². The highest BCUT2D eigenvalue weighted by atomic mass is 35.5. The summed E-state index contributed by atoms with van der Waals surface area (Å²) in [6, 6.07) is 4.90. The van der Waals surface area contributed by atoms with Crippen LogP contribution in [0.15, 0.2) is 52.9 Å². The van der Waals surface area contributed by atoms with Gasteiger partial charge < -0.3 is 9.64 Å². The SMILES string of the molecule is CCCN1C2=C(C(=O)CC(C)(C)C2)C(c2cc(Cl)c(Oc3ccc(C(F)(F)F)cc3[N+](=O)[O-])c(Cl)c2)C2=C1CC(C)(C)CC2=O. The molecule has 0 bridgehead atoms. The van der Waals surface area contributed by atoms with Gasteiger partial charge in [-0.25, -0.2) is 0 Å². The van der Waals surface area contributed by atoms with Crippen LogP contribution in [-0.2, 0) is 15.8 Å². The van der Waals surface area contributed by atoms with Crippen molar-refractivity contribution in [3.63, 3.8) is 0 Å². The number of carbonyl (C=O) groups excluding carboxylic acids is 2. The van der Waals surface area contributed by atoms with Crippen molar-refractivity contribution >= 4 is 40.5 Å². The maximum absolute atomic E-state index is 13.9. The van der Waals surface area contributed by atoms with Crippen LogP contribution in [0.3, 0.4) is 0 Å². The van der Waals surface area contributed by atoms with E-state index < -0.39 is 34.0 Å². The van der Waals surface area contributed by atoms with Crippen molar-refractivity contribution in [2.75, 3.05) is 6.54 Å². The minimum absolute atomic E-state index is 0.0653. The number of ether oxygens (including phenoxy) is 1. The molecular weight excluding hydrogens is 632 g/mol. The molecule has 12 heteroatoms. The number of allylic oxidation sites excluding steroid dienone is 4. The molecule has 0 N–H and O–H groups in total. The Kier molecular flexibility index (Phi) is 8.40. The van der Waals surface area contributed by atoms with Crippen LogP contribution < -0.4 is 4.74 Å². The summed E-state index contributed by atoms with van der Waals surface area (Å²) in [4.78, 5) is 40.6. The summed E-state index contributed by atoms with van der Waals surface area (Å²) >= 11 is 13.3. The van der Waals surface area contributed by atoms with E-state index in [1.807, 2.05) is 27.7 Å². The number of carbonyl (C=O) groups is 2. The first kappa shape index (κ1) is 33.0. The molecule has 2 aromatic carbocycles. The number of ketones is 2. The lowest BCUT2D eigenvalue weighted by molar-refractivity contribution is -0.385. The summed E-state index contributed by atoms with van der Waals surface area (Å²) in [6.07, 6.45) is -2.13. The molecule has 1 heterocycles. The highest BCUT2D eigenvalue weighted by Crippen LogP contribution is 2.55. The average molecular weight is 666 g/mol. The zero-order valence-electron chi connectivity index (χ0n) is 25.5. The van der Waals surface area contributed by atoms with Gasteiger partial charge >= 0.3 is 11.9 Å². The van der Waals surface area contributed by atoms with Crippen LogP contribution in [0, 0.1) is 20.9 Å². The maximum Gasteiger partial charge on any atom is 0.416 e. The van der Waals surface area contributed by atoms with E-state index in [-0.39, 0.29) is 38.2 Å². The normalized spacial score (nSPS) is 19.9. The first-order valence-electron chi connectivity index (χ1n) is 14.7. The molecule has 0 radical (unpaired) electrons. The van der Waals surface area contributed by atoms with E-state index in [4.69, 9.17) is 27.9 Å². The van der Waals surface area contributed by atoms with Gasteiger partial charge in [-0.1, -0.05) is 57.8 Å². The topological polar surface area (TPSA) is 89.8 Å². The van der Waals surface area contributed by atoms with Gasteiger partial charge in [-0.2, -0.15) is 13.2 Å². The van der Waals surface area contributed by atoms with Crippen molar-refractivity contribution < 1.29 is 32.4 Å². The molecule has 2 aromatic rings. The fourth-order valence-electron chi connectivity index (χ4n) is 6.75. The van der Waals surface area contributed by atoms with Crippen LogP contribution in [-0.4, -0.2) is 27.9 Å². The molecule has 0 aromatic heterocycles. The standard InChI is InChI=1S/C33H33Cl2F3N2O5/c1-6-9-39-22-13-31(2,3)15-24(41)28(22)27(29-23(39)14-32(4,5)16-25(29)42)17-10-19(34)30(20(35)11-17)45-26-8-7-18(33(36,37)38)12-21(26)40(43)44/h7-8,10-12,27H,6,9,13-16H2,1-5H3. The second kappa shape index (κ2) is 11.5. The van der Waals surface area contributed by atoms with Gasteiger partial charge in [0.05, 0.1) is 20.5 Å². The third kappa shape index (κ3) is 6.23. The Morgan fingerprint density at radius 1 is 0.933 bits per heavy atom. The molecule has 0 fully saturated rings. The van der Waals surface area contributed by atoms with E-state index in [9.17, 15) is 32.9 Å². The van der Waals surface area contributed by atoms with Gasteiger partial charge in [-0.3, -0.25) is 19.7 Å². The average Bonchev–Trinajstić information content (AvgIpc) is 2.89. The van der Waals surface area contributed by atoms with Crippen molar-refractivity contribution in [2.45, 2.75) is 78.8 Å². The minimum atomic E-state index is -4.80. The fraction of sp³-hybridized carbons (Fsp3) is 0.455. The number of nitrogens with zero attached hydrogens (tertiary/aromatic N) is 2. The molecule has 2 aliphatic carbocycles. The van der Waals surface area contributed by atoms with Crippen molar-refractivity contribution in [2.24, 2.45) is 10.8 Å². The van der Waals surface area contributed by atoms with Crippen LogP contribution >= 0.6 is 23.2 Å². The molecule has 0 saturated carbocycles. The molecule has 3 aliphatic rings. The van der Waals surface area contributed by atoms with Crippen LogP contribution in [0.5, 0.6) is 11.5 Å². The van der Waals surface area contributed by atoms with Gasteiger partial charge in [-0.15, -0.1) is 0 Å². The number of Topliss-reactive ketones (excluding diaryl/α,β-unsaturated/α-hetero) is 2. The third-order valence-electron chi connectivity index (χ3n) is 8.52. The Balaban J connectivity index is 1.66. The summed E-state index contributed by atoms with van der Waals surface area (Å²) in [5.41, 5.74) is 0.626. The van der Waals surface area contributed by atoms with Crippen LogP contribution in [0.2, 0.25) is 10.0 Å². The molecule has 0 saturated heterocycles. The Labute approximate surface area is 269 Å². The monoisotopic (exact) mass is 664 g/mol. The maximum atomic E-state index is 13.9. The van der Waals surface area contributed by atoms with E-state index in [1.165, 1.54) is 12.1 Å². The molecule has 0 amide bonds. The fourth-order valence-corrected chi connectivity index (χ4v) is 7.33. The Hall–Kier alpha value is -3.37. The molecule has 0 unspecified atom stereocenters.